The van der Waals surface area contributed by atoms with Crippen molar-refractivity contribution in [2.24, 2.45) is 0 Å². The molecule has 1 aliphatic rings. The van der Waals surface area contributed by atoms with Crippen LogP contribution in [0.25, 0.3) is 20.3 Å². The van der Waals surface area contributed by atoms with E-state index in [4.69, 9.17) is 9.72 Å². The quantitative estimate of drug-likeness (QED) is 0.288. The third-order valence-corrected chi connectivity index (χ3v) is 7.60. The Labute approximate surface area is 190 Å². The summed E-state index contributed by atoms with van der Waals surface area (Å²) in [5, 5.41) is 4.71. The number of hydrogen-bond donors (Lipinski definition) is 1. The van der Waals surface area contributed by atoms with Crippen LogP contribution in [0.4, 0.5) is 0 Å². The fourth-order valence-corrected chi connectivity index (χ4v) is 5.89. The van der Waals surface area contributed by atoms with Crippen LogP contribution in [0.3, 0.4) is 0 Å². The number of carbonyl (C=O) groups excluding carboxylic acids is 1. The standard InChI is InChI=1S/C23H29N3O3S2/c1-15(2)29-13-7-12-26-22(28)21-20(17-10-5-6-11-18(17)31-21)25-23(26)30-14-19(27)24-16-8-3-4-9-16/h5-6,10-11,15-16H,3-4,7-9,12-14H2,1-2H3,(H,24,27). The van der Waals surface area contributed by atoms with Crippen LogP contribution in [0.2, 0.25) is 0 Å². The number of hydrogen-bond acceptors (Lipinski definition) is 6. The molecule has 0 saturated heterocycles. The Morgan fingerprint density at radius 2 is 2.10 bits per heavy atom. The van der Waals surface area contributed by atoms with Gasteiger partial charge in [0.2, 0.25) is 5.91 Å². The molecular weight excluding hydrogens is 430 g/mol. The second-order valence-corrected chi connectivity index (χ2v) is 10.2. The monoisotopic (exact) mass is 459 g/mol. The van der Waals surface area contributed by atoms with Crippen molar-refractivity contribution in [2.45, 2.75) is 69.8 Å². The third-order valence-electron chi connectivity index (χ3n) is 5.48. The second kappa shape index (κ2) is 10.1. The number of nitrogens with zero attached hydrogens (tertiary/aromatic N) is 2. The molecule has 1 aromatic carbocycles. The predicted molar refractivity (Wildman–Crippen MR) is 128 cm³/mol. The zero-order chi connectivity index (χ0) is 21.8. The normalized spacial score (nSPS) is 14.8. The topological polar surface area (TPSA) is 73.2 Å². The molecule has 1 fully saturated rings. The number of rotatable bonds is 9. The SMILES string of the molecule is CC(C)OCCCn1c(SCC(=O)NC2CCCC2)nc2c(sc3ccccc32)c1=O. The Balaban J connectivity index is 1.59. The Morgan fingerprint density at radius 1 is 1.32 bits per heavy atom. The zero-order valence-corrected chi connectivity index (χ0v) is 19.7. The summed E-state index contributed by atoms with van der Waals surface area (Å²) < 4.78 is 9.09. The Morgan fingerprint density at radius 3 is 2.87 bits per heavy atom. The highest BCUT2D eigenvalue weighted by atomic mass is 32.2. The number of aromatic nitrogens is 2. The molecule has 3 aromatic rings. The lowest BCUT2D eigenvalue weighted by Crippen LogP contribution is -2.34. The van der Waals surface area contributed by atoms with E-state index in [1.165, 1.54) is 35.9 Å². The van der Waals surface area contributed by atoms with Crippen molar-refractivity contribution in [3.8, 4) is 0 Å². The molecule has 4 rings (SSSR count). The minimum atomic E-state index is -0.0329. The van der Waals surface area contributed by atoms with Crippen molar-refractivity contribution in [1.82, 2.24) is 14.9 Å². The van der Waals surface area contributed by atoms with Crippen molar-refractivity contribution in [3.63, 3.8) is 0 Å². The number of thiophene rings is 1. The van der Waals surface area contributed by atoms with E-state index in [2.05, 4.69) is 5.32 Å². The van der Waals surface area contributed by atoms with Gasteiger partial charge in [0.1, 0.15) is 4.70 Å². The van der Waals surface area contributed by atoms with E-state index in [9.17, 15) is 9.59 Å². The van der Waals surface area contributed by atoms with Crippen LogP contribution in [0.1, 0.15) is 46.0 Å². The molecule has 0 aliphatic heterocycles. The van der Waals surface area contributed by atoms with E-state index in [1.54, 1.807) is 4.57 Å². The first-order chi connectivity index (χ1) is 15.0. The summed E-state index contributed by atoms with van der Waals surface area (Å²) >= 11 is 2.83. The average molecular weight is 460 g/mol. The molecule has 1 N–H and O–H groups in total. The molecule has 0 atom stereocenters. The maximum absolute atomic E-state index is 13.3. The van der Waals surface area contributed by atoms with Crippen LogP contribution < -0.4 is 10.9 Å². The summed E-state index contributed by atoms with van der Waals surface area (Å²) in [6.07, 6.45) is 5.36. The van der Waals surface area contributed by atoms with E-state index in [1.807, 2.05) is 38.1 Å². The molecule has 0 spiro atoms. The van der Waals surface area contributed by atoms with Gasteiger partial charge >= 0.3 is 0 Å². The summed E-state index contributed by atoms with van der Waals surface area (Å²) in [7, 11) is 0. The van der Waals surface area contributed by atoms with Gasteiger partial charge in [-0.25, -0.2) is 4.98 Å². The van der Waals surface area contributed by atoms with Crippen molar-refractivity contribution >= 4 is 49.3 Å². The largest absolute Gasteiger partial charge is 0.379 e. The lowest BCUT2D eigenvalue weighted by Gasteiger charge is -2.14. The molecule has 8 heteroatoms. The fourth-order valence-electron chi connectivity index (χ4n) is 3.97. The van der Waals surface area contributed by atoms with Crippen LogP contribution in [0.5, 0.6) is 0 Å². The van der Waals surface area contributed by atoms with Gasteiger partial charge < -0.3 is 10.1 Å². The number of amides is 1. The smallest absolute Gasteiger partial charge is 0.272 e. The van der Waals surface area contributed by atoms with E-state index in [0.29, 0.717) is 29.0 Å². The molecular formula is C23H29N3O3S2. The first-order valence-electron chi connectivity index (χ1n) is 11.0. The third kappa shape index (κ3) is 5.30. The molecule has 6 nitrogen and oxygen atoms in total. The van der Waals surface area contributed by atoms with Gasteiger partial charge in [0.15, 0.2) is 5.16 Å². The number of nitrogens with one attached hydrogen (secondary N) is 1. The van der Waals surface area contributed by atoms with Gasteiger partial charge in [-0.1, -0.05) is 42.8 Å². The van der Waals surface area contributed by atoms with Crippen molar-refractivity contribution in [1.29, 1.82) is 0 Å². The van der Waals surface area contributed by atoms with Crippen LogP contribution in [0.15, 0.2) is 34.2 Å². The minimum Gasteiger partial charge on any atom is -0.379 e. The van der Waals surface area contributed by atoms with E-state index >= 15 is 0 Å². The maximum atomic E-state index is 13.3. The van der Waals surface area contributed by atoms with Gasteiger partial charge in [0.05, 0.1) is 17.4 Å². The highest BCUT2D eigenvalue weighted by Crippen LogP contribution is 2.31. The van der Waals surface area contributed by atoms with Gasteiger partial charge in [0.25, 0.3) is 5.56 Å². The summed E-state index contributed by atoms with van der Waals surface area (Å²) in [6.45, 7) is 5.11. The zero-order valence-electron chi connectivity index (χ0n) is 18.1. The van der Waals surface area contributed by atoms with E-state index in [0.717, 1.165) is 34.9 Å². The second-order valence-electron chi connectivity index (χ2n) is 8.24. The highest BCUT2D eigenvalue weighted by Gasteiger charge is 2.20. The first-order valence-corrected chi connectivity index (χ1v) is 12.8. The summed E-state index contributed by atoms with van der Waals surface area (Å²) in [5.41, 5.74) is 0.702. The van der Waals surface area contributed by atoms with Crippen molar-refractivity contribution in [2.75, 3.05) is 12.4 Å². The summed E-state index contributed by atoms with van der Waals surface area (Å²) in [6, 6.07) is 8.25. The Bertz CT molecular complexity index is 1120. The number of fused-ring (bicyclic) bond motifs is 3. The molecule has 1 aliphatic carbocycles. The molecule has 1 saturated carbocycles. The predicted octanol–water partition coefficient (Wildman–Crippen LogP) is 4.58. The Kier molecular flexibility index (Phi) is 7.30. The first kappa shape index (κ1) is 22.3. The van der Waals surface area contributed by atoms with Crippen molar-refractivity contribution < 1.29 is 9.53 Å². The van der Waals surface area contributed by atoms with Crippen LogP contribution in [-0.2, 0) is 16.1 Å². The average Bonchev–Trinajstić information content (AvgIpc) is 3.39. The molecule has 0 unspecified atom stereocenters. The number of ether oxygens (including phenoxy) is 1. The van der Waals surface area contributed by atoms with Crippen LogP contribution >= 0.6 is 23.1 Å². The molecule has 2 aromatic heterocycles. The van der Waals surface area contributed by atoms with Crippen LogP contribution in [-0.4, -0.2) is 40.0 Å². The molecule has 166 valence electrons. The van der Waals surface area contributed by atoms with Gasteiger partial charge in [-0.3, -0.25) is 14.2 Å². The fraction of sp³-hybridized carbons (Fsp3) is 0.522. The summed E-state index contributed by atoms with van der Waals surface area (Å²) in [5.74, 6) is 0.273. The van der Waals surface area contributed by atoms with Gasteiger partial charge in [-0.2, -0.15) is 0 Å². The minimum absolute atomic E-state index is 0.0103. The van der Waals surface area contributed by atoms with Gasteiger partial charge in [-0.05, 0) is 39.2 Å². The summed E-state index contributed by atoms with van der Waals surface area (Å²) in [4.78, 5) is 30.7. The molecule has 2 heterocycles. The van der Waals surface area contributed by atoms with Gasteiger partial charge in [-0.15, -0.1) is 11.3 Å². The lowest BCUT2D eigenvalue weighted by atomic mass is 10.2. The molecule has 31 heavy (non-hydrogen) atoms. The molecule has 0 bridgehead atoms. The van der Waals surface area contributed by atoms with Gasteiger partial charge in [0, 0.05) is 29.3 Å². The van der Waals surface area contributed by atoms with E-state index in [-0.39, 0.29) is 23.3 Å². The number of carbonyl (C=O) groups is 1. The highest BCUT2D eigenvalue weighted by molar-refractivity contribution is 7.99. The Hall–Kier alpha value is -1.90. The molecule has 1 amide bonds. The number of thioether (sulfide) groups is 1. The maximum Gasteiger partial charge on any atom is 0.272 e. The molecule has 0 radical (unpaired) electrons. The van der Waals surface area contributed by atoms with E-state index < -0.39 is 0 Å². The van der Waals surface area contributed by atoms with Crippen LogP contribution in [0, 0.1) is 0 Å². The number of benzene rings is 1. The lowest BCUT2D eigenvalue weighted by molar-refractivity contribution is -0.119. The van der Waals surface area contributed by atoms with Crippen molar-refractivity contribution in [3.05, 3.63) is 34.6 Å².